The molecule has 3 aromatic rings. The summed E-state index contributed by atoms with van der Waals surface area (Å²) in [5.74, 6) is 0.974. The molecule has 4 rings (SSSR count). The van der Waals surface area contributed by atoms with Gasteiger partial charge >= 0.3 is 0 Å². The molecule has 5 heteroatoms. The SMILES string of the molecule is Nc1ccc(-c2cnc(NC(=O)CC3CCCCC3)c(C=Cc3ccccc3)n2)cc1. The molecule has 0 saturated heterocycles. The van der Waals surface area contributed by atoms with Crippen LogP contribution < -0.4 is 11.1 Å². The third kappa shape index (κ3) is 5.79. The van der Waals surface area contributed by atoms with Crippen LogP contribution in [0.5, 0.6) is 0 Å². The standard InChI is InChI=1S/C26H28N4O/c27-22-14-12-21(13-15-22)24-18-28-26(30-25(31)17-20-9-5-2-6-10-20)23(29-24)16-11-19-7-3-1-4-8-19/h1,3-4,7-8,11-16,18,20H,2,5-6,9-10,17,27H2,(H,28,30,31). The van der Waals surface area contributed by atoms with Crippen molar-refractivity contribution in [3.8, 4) is 11.3 Å². The van der Waals surface area contributed by atoms with Gasteiger partial charge in [-0.15, -0.1) is 0 Å². The minimum atomic E-state index is 0.01000. The van der Waals surface area contributed by atoms with Gasteiger partial charge < -0.3 is 11.1 Å². The third-order valence-corrected chi connectivity index (χ3v) is 5.70. The Morgan fingerprint density at radius 1 is 1.00 bits per heavy atom. The Bertz CT molecular complexity index is 1040. The second-order valence-corrected chi connectivity index (χ2v) is 8.11. The molecule has 0 unspecified atom stereocenters. The van der Waals surface area contributed by atoms with Gasteiger partial charge in [0.05, 0.1) is 11.9 Å². The molecule has 0 radical (unpaired) electrons. The van der Waals surface area contributed by atoms with Crippen LogP contribution in [0.2, 0.25) is 0 Å². The third-order valence-electron chi connectivity index (χ3n) is 5.70. The Labute approximate surface area is 183 Å². The molecule has 1 aliphatic carbocycles. The molecule has 1 aromatic heterocycles. The molecule has 2 aromatic carbocycles. The fourth-order valence-electron chi connectivity index (χ4n) is 3.98. The Balaban J connectivity index is 1.58. The van der Waals surface area contributed by atoms with Crippen molar-refractivity contribution in [1.29, 1.82) is 0 Å². The molecule has 1 amide bonds. The van der Waals surface area contributed by atoms with E-state index in [1.807, 2.05) is 66.7 Å². The second-order valence-electron chi connectivity index (χ2n) is 8.11. The molecule has 31 heavy (non-hydrogen) atoms. The number of nitrogen functional groups attached to an aromatic ring is 1. The van der Waals surface area contributed by atoms with E-state index in [2.05, 4.69) is 10.3 Å². The first kappa shape index (κ1) is 20.8. The molecule has 3 N–H and O–H groups in total. The van der Waals surface area contributed by atoms with Gasteiger partial charge in [-0.05, 0) is 42.5 Å². The van der Waals surface area contributed by atoms with Crippen molar-refractivity contribution in [3.63, 3.8) is 0 Å². The van der Waals surface area contributed by atoms with Gasteiger partial charge in [-0.2, -0.15) is 0 Å². The zero-order valence-corrected chi connectivity index (χ0v) is 17.6. The Hall–Kier alpha value is -3.47. The van der Waals surface area contributed by atoms with Gasteiger partial charge in [0, 0.05) is 17.7 Å². The minimum absolute atomic E-state index is 0.01000. The van der Waals surface area contributed by atoms with Gasteiger partial charge in [0.2, 0.25) is 5.91 Å². The average molecular weight is 413 g/mol. The van der Waals surface area contributed by atoms with Gasteiger partial charge in [0.15, 0.2) is 5.82 Å². The summed E-state index contributed by atoms with van der Waals surface area (Å²) in [5.41, 5.74) is 9.86. The van der Waals surface area contributed by atoms with Crippen molar-refractivity contribution in [3.05, 3.63) is 72.1 Å². The topological polar surface area (TPSA) is 80.9 Å². The summed E-state index contributed by atoms with van der Waals surface area (Å²) < 4.78 is 0. The number of anilines is 2. The lowest BCUT2D eigenvalue weighted by molar-refractivity contribution is -0.117. The maximum absolute atomic E-state index is 12.7. The molecule has 0 aliphatic heterocycles. The van der Waals surface area contributed by atoms with E-state index in [-0.39, 0.29) is 5.91 Å². The summed E-state index contributed by atoms with van der Waals surface area (Å²) in [5, 5.41) is 3.00. The number of rotatable bonds is 6. The van der Waals surface area contributed by atoms with Crippen LogP contribution in [0, 0.1) is 5.92 Å². The highest BCUT2D eigenvalue weighted by atomic mass is 16.1. The van der Waals surface area contributed by atoms with Crippen LogP contribution >= 0.6 is 0 Å². The smallest absolute Gasteiger partial charge is 0.225 e. The monoisotopic (exact) mass is 412 g/mol. The molecule has 0 spiro atoms. The lowest BCUT2D eigenvalue weighted by atomic mass is 9.87. The van der Waals surface area contributed by atoms with Crippen LogP contribution in [-0.4, -0.2) is 15.9 Å². The Morgan fingerprint density at radius 2 is 1.74 bits per heavy atom. The molecule has 1 aliphatic rings. The van der Waals surface area contributed by atoms with Crippen LogP contribution in [0.1, 0.15) is 49.8 Å². The van der Waals surface area contributed by atoms with Crippen LogP contribution in [0.3, 0.4) is 0 Å². The summed E-state index contributed by atoms with van der Waals surface area (Å²) >= 11 is 0. The van der Waals surface area contributed by atoms with E-state index in [9.17, 15) is 4.79 Å². The second kappa shape index (κ2) is 10.0. The van der Waals surface area contributed by atoms with E-state index in [1.165, 1.54) is 19.3 Å². The molecule has 0 atom stereocenters. The summed E-state index contributed by atoms with van der Waals surface area (Å²) in [6.45, 7) is 0. The number of nitrogens with zero attached hydrogens (tertiary/aromatic N) is 2. The number of nitrogens with one attached hydrogen (secondary N) is 1. The van der Waals surface area contributed by atoms with Crippen molar-refractivity contribution >= 4 is 29.6 Å². The summed E-state index contributed by atoms with van der Waals surface area (Å²) in [4.78, 5) is 22.0. The number of aromatic nitrogens is 2. The molecule has 5 nitrogen and oxygen atoms in total. The number of hydrogen-bond acceptors (Lipinski definition) is 4. The van der Waals surface area contributed by atoms with E-state index in [1.54, 1.807) is 6.20 Å². The highest BCUT2D eigenvalue weighted by Crippen LogP contribution is 2.27. The van der Waals surface area contributed by atoms with Gasteiger partial charge in [0.1, 0.15) is 5.69 Å². The average Bonchev–Trinajstić information content (AvgIpc) is 2.80. The molecule has 0 bridgehead atoms. The van der Waals surface area contributed by atoms with E-state index in [0.717, 1.165) is 29.7 Å². The minimum Gasteiger partial charge on any atom is -0.399 e. The predicted molar refractivity (Wildman–Crippen MR) is 127 cm³/mol. The number of hydrogen-bond donors (Lipinski definition) is 2. The Morgan fingerprint density at radius 3 is 2.48 bits per heavy atom. The first-order valence-corrected chi connectivity index (χ1v) is 10.9. The summed E-state index contributed by atoms with van der Waals surface area (Å²) in [6.07, 6.45) is 12.1. The maximum atomic E-state index is 12.7. The van der Waals surface area contributed by atoms with Crippen molar-refractivity contribution in [2.24, 2.45) is 5.92 Å². The highest BCUT2D eigenvalue weighted by molar-refractivity contribution is 5.92. The van der Waals surface area contributed by atoms with E-state index < -0.39 is 0 Å². The maximum Gasteiger partial charge on any atom is 0.225 e. The zero-order chi connectivity index (χ0) is 21.5. The molecular formula is C26H28N4O. The molecule has 158 valence electrons. The number of nitrogens with two attached hydrogens (primary N) is 1. The van der Waals surface area contributed by atoms with Crippen LogP contribution in [0.25, 0.3) is 23.4 Å². The number of carbonyl (C=O) groups is 1. The lowest BCUT2D eigenvalue weighted by Gasteiger charge is -2.20. The van der Waals surface area contributed by atoms with E-state index in [4.69, 9.17) is 10.7 Å². The summed E-state index contributed by atoms with van der Waals surface area (Å²) in [7, 11) is 0. The van der Waals surface area contributed by atoms with Gasteiger partial charge in [-0.1, -0.05) is 67.8 Å². The van der Waals surface area contributed by atoms with Crippen molar-refractivity contribution in [1.82, 2.24) is 9.97 Å². The number of benzene rings is 2. The van der Waals surface area contributed by atoms with Crippen molar-refractivity contribution in [2.75, 3.05) is 11.1 Å². The number of amides is 1. The van der Waals surface area contributed by atoms with Crippen LogP contribution in [0.4, 0.5) is 11.5 Å². The van der Waals surface area contributed by atoms with Gasteiger partial charge in [-0.3, -0.25) is 4.79 Å². The van der Waals surface area contributed by atoms with Crippen LogP contribution in [0.15, 0.2) is 60.8 Å². The first-order valence-electron chi connectivity index (χ1n) is 10.9. The first-order chi connectivity index (χ1) is 15.2. The fourth-order valence-corrected chi connectivity index (χ4v) is 3.98. The van der Waals surface area contributed by atoms with Gasteiger partial charge in [0.25, 0.3) is 0 Å². The molecule has 1 fully saturated rings. The van der Waals surface area contributed by atoms with E-state index in [0.29, 0.717) is 29.5 Å². The lowest BCUT2D eigenvalue weighted by Crippen LogP contribution is -2.19. The van der Waals surface area contributed by atoms with Crippen molar-refractivity contribution in [2.45, 2.75) is 38.5 Å². The Kier molecular flexibility index (Phi) is 6.72. The quantitative estimate of drug-likeness (QED) is 0.501. The van der Waals surface area contributed by atoms with E-state index >= 15 is 0 Å². The van der Waals surface area contributed by atoms with Crippen LogP contribution in [-0.2, 0) is 4.79 Å². The summed E-state index contributed by atoms with van der Waals surface area (Å²) in [6, 6.07) is 17.5. The molecular weight excluding hydrogens is 384 g/mol. The fraction of sp³-hybridized carbons (Fsp3) is 0.269. The van der Waals surface area contributed by atoms with Crippen molar-refractivity contribution < 1.29 is 4.79 Å². The molecule has 1 saturated carbocycles. The van der Waals surface area contributed by atoms with Gasteiger partial charge in [-0.25, -0.2) is 9.97 Å². The molecule has 1 heterocycles. The normalized spacial score (nSPS) is 14.6. The number of carbonyl (C=O) groups excluding carboxylic acids is 1. The zero-order valence-electron chi connectivity index (χ0n) is 17.6. The highest BCUT2D eigenvalue weighted by Gasteiger charge is 2.18. The predicted octanol–water partition coefficient (Wildman–Crippen LogP) is 5.81. The largest absolute Gasteiger partial charge is 0.399 e.